The Morgan fingerprint density at radius 1 is 0.889 bits per heavy atom. The van der Waals surface area contributed by atoms with Gasteiger partial charge in [-0.15, -0.1) is 0 Å². The van der Waals surface area contributed by atoms with Crippen molar-refractivity contribution in [3.8, 4) is 11.5 Å². The van der Waals surface area contributed by atoms with E-state index >= 15 is 0 Å². The highest BCUT2D eigenvalue weighted by molar-refractivity contribution is 5.42. The molecule has 0 aromatic heterocycles. The number of ether oxygens (including phenoxy) is 2. The smallest absolute Gasteiger partial charge is 0.162 e. The van der Waals surface area contributed by atoms with Gasteiger partial charge in [-0.05, 0) is 12.1 Å². The fourth-order valence-corrected chi connectivity index (χ4v) is 2.91. The molecule has 2 heteroatoms. The monoisotopic (exact) mass is 248 g/mol. The zero-order valence-corrected chi connectivity index (χ0v) is 12.3. The van der Waals surface area contributed by atoms with Crippen LogP contribution in [0.2, 0.25) is 0 Å². The van der Waals surface area contributed by atoms with Crippen LogP contribution in [0.3, 0.4) is 0 Å². The van der Waals surface area contributed by atoms with Gasteiger partial charge < -0.3 is 9.47 Å². The molecule has 0 spiro atoms. The van der Waals surface area contributed by atoms with E-state index in [1.165, 1.54) is 0 Å². The molecular weight excluding hydrogens is 224 g/mol. The van der Waals surface area contributed by atoms with Crippen LogP contribution in [0, 0.1) is 10.8 Å². The number of hydrogen-bond donors (Lipinski definition) is 0. The molecule has 1 aliphatic rings. The summed E-state index contributed by atoms with van der Waals surface area (Å²) in [5.41, 5.74) is -0.327. The molecule has 0 amide bonds. The molecule has 2 nitrogen and oxygen atoms in total. The highest BCUT2D eigenvalue weighted by Gasteiger charge is 2.55. The summed E-state index contributed by atoms with van der Waals surface area (Å²) in [5.74, 6) is 1.70. The zero-order chi connectivity index (χ0) is 13.6. The van der Waals surface area contributed by atoms with Crippen molar-refractivity contribution in [3.63, 3.8) is 0 Å². The summed E-state index contributed by atoms with van der Waals surface area (Å²) < 4.78 is 12.4. The minimum absolute atomic E-state index is 0.00121. The number of hydrogen-bond acceptors (Lipinski definition) is 2. The van der Waals surface area contributed by atoms with Crippen molar-refractivity contribution in [2.45, 2.75) is 47.1 Å². The summed E-state index contributed by atoms with van der Waals surface area (Å²) >= 11 is 0. The van der Waals surface area contributed by atoms with Crippen LogP contribution >= 0.6 is 0 Å². The maximum atomic E-state index is 6.42. The first kappa shape index (κ1) is 13.3. The Morgan fingerprint density at radius 2 is 1.39 bits per heavy atom. The molecule has 18 heavy (non-hydrogen) atoms. The van der Waals surface area contributed by atoms with E-state index in [0.717, 1.165) is 11.5 Å². The number of para-hydroxylation sites is 2. The van der Waals surface area contributed by atoms with Crippen molar-refractivity contribution in [1.82, 2.24) is 0 Å². The van der Waals surface area contributed by atoms with Gasteiger partial charge in [0.15, 0.2) is 17.1 Å². The van der Waals surface area contributed by atoms with Gasteiger partial charge >= 0.3 is 0 Å². The Bertz CT molecular complexity index is 421. The number of fused-ring (bicyclic) bond motifs is 1. The van der Waals surface area contributed by atoms with Crippen molar-refractivity contribution in [2.75, 3.05) is 6.61 Å². The van der Waals surface area contributed by atoms with Crippen LogP contribution in [0.4, 0.5) is 0 Å². The Kier molecular flexibility index (Phi) is 2.88. The predicted molar refractivity (Wildman–Crippen MR) is 74.2 cm³/mol. The van der Waals surface area contributed by atoms with Crippen LogP contribution in [0.15, 0.2) is 24.3 Å². The lowest BCUT2D eigenvalue weighted by Crippen LogP contribution is -2.62. The van der Waals surface area contributed by atoms with Gasteiger partial charge in [0.05, 0.1) is 0 Å². The molecule has 2 rings (SSSR count). The summed E-state index contributed by atoms with van der Waals surface area (Å²) in [7, 11) is 0. The third-order valence-corrected chi connectivity index (χ3v) is 3.99. The first-order chi connectivity index (χ1) is 8.17. The molecule has 0 bridgehead atoms. The van der Waals surface area contributed by atoms with Crippen LogP contribution < -0.4 is 9.47 Å². The molecule has 0 saturated heterocycles. The zero-order valence-electron chi connectivity index (χ0n) is 12.3. The fourth-order valence-electron chi connectivity index (χ4n) is 2.91. The maximum absolute atomic E-state index is 6.42. The first-order valence-electron chi connectivity index (χ1n) is 6.58. The molecule has 1 aliphatic heterocycles. The van der Waals surface area contributed by atoms with Gasteiger partial charge in [0, 0.05) is 10.8 Å². The molecule has 0 unspecified atom stereocenters. The van der Waals surface area contributed by atoms with E-state index in [1.54, 1.807) is 0 Å². The fraction of sp³-hybridized carbons (Fsp3) is 0.625. The van der Waals surface area contributed by atoms with E-state index in [-0.39, 0.29) is 16.4 Å². The normalized spacial score (nSPS) is 18.6. The van der Waals surface area contributed by atoms with E-state index in [4.69, 9.17) is 9.47 Å². The van der Waals surface area contributed by atoms with Gasteiger partial charge in [0.25, 0.3) is 0 Å². The predicted octanol–water partition coefficient (Wildman–Crippen LogP) is 4.29. The van der Waals surface area contributed by atoms with Gasteiger partial charge in [-0.25, -0.2) is 0 Å². The van der Waals surface area contributed by atoms with Crippen molar-refractivity contribution < 1.29 is 9.47 Å². The highest BCUT2D eigenvalue weighted by atomic mass is 16.6. The summed E-state index contributed by atoms with van der Waals surface area (Å²) in [6.07, 6.45) is 0. The maximum Gasteiger partial charge on any atom is 0.162 e. The van der Waals surface area contributed by atoms with Crippen LogP contribution in [-0.2, 0) is 0 Å². The molecule has 1 aromatic rings. The lowest BCUT2D eigenvalue weighted by molar-refractivity contribution is -0.152. The Balaban J connectivity index is 2.49. The highest BCUT2D eigenvalue weighted by Crippen LogP contribution is 2.51. The lowest BCUT2D eigenvalue weighted by atomic mass is 9.62. The molecule has 0 atom stereocenters. The van der Waals surface area contributed by atoms with Gasteiger partial charge in [-0.1, -0.05) is 53.7 Å². The summed E-state index contributed by atoms with van der Waals surface area (Å²) in [5, 5.41) is 0. The summed E-state index contributed by atoms with van der Waals surface area (Å²) in [4.78, 5) is 0. The van der Waals surface area contributed by atoms with Crippen molar-refractivity contribution in [3.05, 3.63) is 24.3 Å². The number of rotatable bonds is 0. The molecule has 0 radical (unpaired) electrons. The van der Waals surface area contributed by atoms with Crippen LogP contribution in [0.25, 0.3) is 0 Å². The Hall–Kier alpha value is -1.18. The molecule has 100 valence electrons. The molecule has 0 saturated carbocycles. The summed E-state index contributed by atoms with van der Waals surface area (Å²) in [6.45, 7) is 13.9. The molecule has 0 aliphatic carbocycles. The van der Waals surface area contributed by atoms with Crippen molar-refractivity contribution in [2.24, 2.45) is 10.8 Å². The SMILES string of the molecule is CC(C)(C)C1(C(C)(C)C)COc2ccccc2O1. The average molecular weight is 248 g/mol. The van der Waals surface area contributed by atoms with Crippen molar-refractivity contribution in [1.29, 1.82) is 0 Å². The summed E-state index contributed by atoms with van der Waals surface area (Å²) in [6, 6.07) is 7.91. The average Bonchev–Trinajstić information content (AvgIpc) is 2.25. The van der Waals surface area contributed by atoms with Gasteiger partial charge in [0.1, 0.15) is 6.61 Å². The molecule has 1 heterocycles. The Labute approximate surface area is 110 Å². The van der Waals surface area contributed by atoms with Crippen molar-refractivity contribution >= 4 is 0 Å². The Morgan fingerprint density at radius 3 is 1.89 bits per heavy atom. The lowest BCUT2D eigenvalue weighted by Gasteiger charge is -2.54. The topological polar surface area (TPSA) is 18.5 Å². The van der Waals surface area contributed by atoms with Gasteiger partial charge in [0.2, 0.25) is 0 Å². The standard InChI is InChI=1S/C16H24O2/c1-14(2,3)16(15(4,5)6)11-17-12-9-7-8-10-13(12)18-16/h7-10H,11H2,1-6H3. The molecular formula is C16H24O2. The van der Waals surface area contributed by atoms with E-state index in [2.05, 4.69) is 41.5 Å². The van der Waals surface area contributed by atoms with E-state index in [9.17, 15) is 0 Å². The molecule has 1 aromatic carbocycles. The largest absolute Gasteiger partial charge is 0.485 e. The van der Waals surface area contributed by atoms with Gasteiger partial charge in [-0.3, -0.25) is 0 Å². The minimum atomic E-state index is -0.325. The second-order valence-electron chi connectivity index (χ2n) is 7.16. The van der Waals surface area contributed by atoms with Crippen LogP contribution in [0.5, 0.6) is 11.5 Å². The van der Waals surface area contributed by atoms with E-state index in [1.807, 2.05) is 24.3 Å². The second-order valence-corrected chi connectivity index (χ2v) is 7.16. The minimum Gasteiger partial charge on any atom is -0.485 e. The van der Waals surface area contributed by atoms with E-state index in [0.29, 0.717) is 6.61 Å². The first-order valence-corrected chi connectivity index (χ1v) is 6.58. The quantitative estimate of drug-likeness (QED) is 0.682. The molecule has 0 fully saturated rings. The van der Waals surface area contributed by atoms with Crippen LogP contribution in [-0.4, -0.2) is 12.2 Å². The second kappa shape index (κ2) is 3.91. The number of benzene rings is 1. The third-order valence-electron chi connectivity index (χ3n) is 3.99. The molecule has 0 N–H and O–H groups in total. The van der Waals surface area contributed by atoms with E-state index < -0.39 is 0 Å². The van der Waals surface area contributed by atoms with Gasteiger partial charge in [-0.2, -0.15) is 0 Å². The third kappa shape index (κ3) is 1.88. The van der Waals surface area contributed by atoms with Crippen LogP contribution in [0.1, 0.15) is 41.5 Å².